The minimum atomic E-state index is -1.79. The lowest BCUT2D eigenvalue weighted by molar-refractivity contribution is -0.385. The largest absolute Gasteiger partial charge is 0.479 e. The van der Waals surface area contributed by atoms with Crippen LogP contribution >= 0.6 is 15.9 Å². The van der Waals surface area contributed by atoms with E-state index in [2.05, 4.69) is 15.9 Å². The second kappa shape index (κ2) is 7.97. The number of ether oxygens (including phenoxy) is 1. The van der Waals surface area contributed by atoms with Gasteiger partial charge in [0.2, 0.25) is 0 Å². The van der Waals surface area contributed by atoms with Crippen molar-refractivity contribution in [1.82, 2.24) is 9.80 Å². The lowest BCUT2D eigenvalue weighted by atomic mass is 9.95. The Morgan fingerprint density at radius 2 is 1.90 bits per heavy atom. The van der Waals surface area contributed by atoms with Crippen LogP contribution in [0.3, 0.4) is 0 Å². The van der Waals surface area contributed by atoms with Crippen molar-refractivity contribution in [2.45, 2.75) is 38.8 Å². The Labute approximate surface area is 175 Å². The molecule has 0 spiro atoms. The molecule has 29 heavy (non-hydrogen) atoms. The molecule has 158 valence electrons. The van der Waals surface area contributed by atoms with E-state index < -0.39 is 39.7 Å². The van der Waals surface area contributed by atoms with Crippen LogP contribution in [0.5, 0.6) is 0 Å². The highest BCUT2D eigenvalue weighted by Gasteiger charge is 2.49. The Kier molecular flexibility index (Phi) is 6.21. The minimum Gasteiger partial charge on any atom is -0.479 e. The number of rotatable bonds is 3. The molecule has 0 aliphatic carbocycles. The molecule has 2 rings (SSSR count). The van der Waals surface area contributed by atoms with Crippen molar-refractivity contribution in [1.29, 1.82) is 0 Å². The summed E-state index contributed by atoms with van der Waals surface area (Å²) in [7, 11) is 0. The first-order valence-electron chi connectivity index (χ1n) is 8.73. The second-order valence-corrected chi connectivity index (χ2v) is 8.77. The molecule has 10 nitrogen and oxygen atoms in total. The van der Waals surface area contributed by atoms with Gasteiger partial charge in [-0.05, 0) is 39.8 Å². The maximum absolute atomic E-state index is 13.1. The topological polar surface area (TPSA) is 130 Å². The van der Waals surface area contributed by atoms with Crippen molar-refractivity contribution < 1.29 is 29.2 Å². The number of carboxylic acid groups (broad SMARTS) is 1. The number of benzene rings is 1. The fourth-order valence-electron chi connectivity index (χ4n) is 2.98. The van der Waals surface area contributed by atoms with E-state index in [1.807, 2.05) is 0 Å². The number of piperazine rings is 1. The monoisotopic (exact) mass is 471 g/mol. The average molecular weight is 472 g/mol. The van der Waals surface area contributed by atoms with Gasteiger partial charge in [-0.3, -0.25) is 14.9 Å². The van der Waals surface area contributed by atoms with E-state index >= 15 is 0 Å². The summed E-state index contributed by atoms with van der Waals surface area (Å²) in [4.78, 5) is 50.4. The molecule has 11 heteroatoms. The van der Waals surface area contributed by atoms with Gasteiger partial charge >= 0.3 is 12.1 Å². The summed E-state index contributed by atoms with van der Waals surface area (Å²) >= 11 is 3.17. The molecule has 0 aromatic heterocycles. The van der Waals surface area contributed by atoms with Gasteiger partial charge in [-0.2, -0.15) is 0 Å². The first-order chi connectivity index (χ1) is 13.3. The van der Waals surface area contributed by atoms with Crippen molar-refractivity contribution in [2.24, 2.45) is 0 Å². The third-order valence-electron chi connectivity index (χ3n) is 4.43. The van der Waals surface area contributed by atoms with E-state index in [0.29, 0.717) is 4.47 Å². The van der Waals surface area contributed by atoms with Crippen LogP contribution in [0.15, 0.2) is 22.7 Å². The molecule has 1 unspecified atom stereocenters. The summed E-state index contributed by atoms with van der Waals surface area (Å²) < 4.78 is 5.73. The summed E-state index contributed by atoms with van der Waals surface area (Å²) in [5.74, 6) is -2.14. The standard InChI is InChI=1S/C18H22BrN3O7/c1-17(2,3)29-16(26)20-7-8-21(18(4,10-20)15(24)25)14(23)12-9-11(19)5-6-13(12)22(27)28/h5-6,9H,7-8,10H2,1-4H3,(H,24,25). The number of aliphatic carboxylic acids is 1. The fraction of sp³-hybridized carbons (Fsp3) is 0.500. The van der Waals surface area contributed by atoms with Crippen LogP contribution in [0.25, 0.3) is 0 Å². The number of carbonyl (C=O) groups excluding carboxylic acids is 2. The van der Waals surface area contributed by atoms with Crippen LogP contribution in [-0.2, 0) is 9.53 Å². The molecule has 1 aliphatic heterocycles. The number of hydrogen-bond donors (Lipinski definition) is 1. The molecule has 1 saturated heterocycles. The van der Waals surface area contributed by atoms with Gasteiger partial charge < -0.3 is 19.6 Å². The number of carboxylic acids is 1. The summed E-state index contributed by atoms with van der Waals surface area (Å²) in [6.45, 7) is 5.96. The SMILES string of the molecule is CC(C)(C)OC(=O)N1CCN(C(=O)c2cc(Br)ccc2[N+](=O)[O-])C(C)(C(=O)O)C1. The van der Waals surface area contributed by atoms with Gasteiger partial charge in [0, 0.05) is 23.6 Å². The molecule has 0 radical (unpaired) electrons. The first-order valence-corrected chi connectivity index (χ1v) is 9.53. The molecule has 1 aromatic carbocycles. The summed E-state index contributed by atoms with van der Waals surface area (Å²) in [6, 6.07) is 3.88. The quantitative estimate of drug-likeness (QED) is 0.529. The molecule has 1 aromatic rings. The Balaban J connectivity index is 2.38. The van der Waals surface area contributed by atoms with Gasteiger partial charge in [0.15, 0.2) is 5.54 Å². The van der Waals surface area contributed by atoms with Gasteiger partial charge in [-0.1, -0.05) is 15.9 Å². The van der Waals surface area contributed by atoms with Crippen LogP contribution in [0.4, 0.5) is 10.5 Å². The minimum absolute atomic E-state index is 0.0331. The molecule has 1 N–H and O–H groups in total. The number of carbonyl (C=O) groups is 3. The molecule has 1 fully saturated rings. The highest BCUT2D eigenvalue weighted by atomic mass is 79.9. The molecular formula is C18H22BrN3O7. The zero-order valence-corrected chi connectivity index (χ0v) is 18.1. The predicted octanol–water partition coefficient (Wildman–Crippen LogP) is 2.89. The van der Waals surface area contributed by atoms with E-state index in [9.17, 15) is 29.6 Å². The Hall–Kier alpha value is -2.69. The van der Waals surface area contributed by atoms with Crippen LogP contribution in [0.2, 0.25) is 0 Å². The van der Waals surface area contributed by atoms with Gasteiger partial charge in [-0.15, -0.1) is 0 Å². The maximum Gasteiger partial charge on any atom is 0.410 e. The van der Waals surface area contributed by atoms with Gasteiger partial charge in [0.05, 0.1) is 11.5 Å². The summed E-state index contributed by atoms with van der Waals surface area (Å²) in [6.07, 6.45) is -0.689. The summed E-state index contributed by atoms with van der Waals surface area (Å²) in [5, 5.41) is 21.1. The van der Waals surface area contributed by atoms with Gasteiger partial charge in [-0.25, -0.2) is 9.59 Å². The normalized spacial score (nSPS) is 19.6. The van der Waals surface area contributed by atoms with Crippen LogP contribution in [0.1, 0.15) is 38.1 Å². The zero-order valence-electron chi connectivity index (χ0n) is 16.5. The smallest absolute Gasteiger partial charge is 0.410 e. The molecule has 1 heterocycles. The second-order valence-electron chi connectivity index (χ2n) is 7.86. The number of amides is 2. The molecule has 0 saturated carbocycles. The summed E-state index contributed by atoms with van der Waals surface area (Å²) in [5.41, 5.74) is -3.22. The highest BCUT2D eigenvalue weighted by molar-refractivity contribution is 9.10. The van der Waals surface area contributed by atoms with E-state index in [1.54, 1.807) is 20.8 Å². The third kappa shape index (κ3) is 4.84. The van der Waals surface area contributed by atoms with E-state index in [0.717, 1.165) is 4.90 Å². The molecule has 0 bridgehead atoms. The van der Waals surface area contributed by atoms with E-state index in [-0.39, 0.29) is 25.2 Å². The van der Waals surface area contributed by atoms with Crippen molar-refractivity contribution in [3.63, 3.8) is 0 Å². The van der Waals surface area contributed by atoms with Crippen LogP contribution in [0, 0.1) is 10.1 Å². The molecule has 1 aliphatic rings. The number of halogens is 1. The van der Waals surface area contributed by atoms with Gasteiger partial charge in [0.25, 0.3) is 11.6 Å². The molecular weight excluding hydrogens is 450 g/mol. The lowest BCUT2D eigenvalue weighted by Crippen LogP contribution is -2.67. The molecule has 1 atom stereocenters. The van der Waals surface area contributed by atoms with Crippen LogP contribution in [-0.4, -0.2) is 68.6 Å². The number of nitro benzene ring substituents is 1. The van der Waals surface area contributed by atoms with Crippen molar-refractivity contribution in [2.75, 3.05) is 19.6 Å². The first kappa shape index (κ1) is 22.6. The maximum atomic E-state index is 13.1. The van der Waals surface area contributed by atoms with E-state index in [4.69, 9.17) is 4.74 Å². The third-order valence-corrected chi connectivity index (χ3v) is 4.92. The zero-order chi connectivity index (χ0) is 22.1. The van der Waals surface area contributed by atoms with Crippen molar-refractivity contribution in [3.05, 3.63) is 38.3 Å². The Morgan fingerprint density at radius 1 is 1.28 bits per heavy atom. The molecule has 2 amide bonds. The lowest BCUT2D eigenvalue weighted by Gasteiger charge is -2.46. The highest BCUT2D eigenvalue weighted by Crippen LogP contribution is 2.30. The number of nitro groups is 1. The average Bonchev–Trinajstić information content (AvgIpc) is 2.59. The number of hydrogen-bond acceptors (Lipinski definition) is 6. The fourth-order valence-corrected chi connectivity index (χ4v) is 3.34. The van der Waals surface area contributed by atoms with Crippen LogP contribution < -0.4 is 0 Å². The van der Waals surface area contributed by atoms with Crippen molar-refractivity contribution in [3.8, 4) is 0 Å². The van der Waals surface area contributed by atoms with Gasteiger partial charge in [0.1, 0.15) is 11.2 Å². The van der Waals surface area contributed by atoms with E-state index in [1.165, 1.54) is 30.0 Å². The Bertz CT molecular complexity index is 868. The Morgan fingerprint density at radius 3 is 2.41 bits per heavy atom. The predicted molar refractivity (Wildman–Crippen MR) is 106 cm³/mol. The van der Waals surface area contributed by atoms with Crippen molar-refractivity contribution >= 4 is 39.6 Å². The number of nitrogens with zero attached hydrogens (tertiary/aromatic N) is 3.